The van der Waals surface area contributed by atoms with Crippen LogP contribution >= 0.6 is 11.3 Å². The number of thiophene rings is 1. The number of nitrogens with two attached hydrogens (primary N) is 1. The maximum atomic E-state index is 6.15. The fourth-order valence-electron chi connectivity index (χ4n) is 3.51. The molecule has 0 spiro atoms. The summed E-state index contributed by atoms with van der Waals surface area (Å²) in [6.45, 7) is 8.85. The van der Waals surface area contributed by atoms with Crippen LogP contribution in [0, 0.1) is 0 Å². The Bertz CT molecular complexity index is 382. The third-order valence-corrected chi connectivity index (χ3v) is 5.64. The van der Waals surface area contributed by atoms with E-state index in [0.29, 0.717) is 6.04 Å². The van der Waals surface area contributed by atoms with E-state index in [1.807, 2.05) is 11.3 Å². The highest BCUT2D eigenvalue weighted by Gasteiger charge is 2.38. The molecule has 2 unspecified atom stereocenters. The molecule has 0 amide bonds. The zero-order chi connectivity index (χ0) is 13.2. The first-order valence-corrected chi connectivity index (χ1v) is 8.09. The largest absolute Gasteiger partial charge is 0.329 e. The molecule has 0 aliphatic carbocycles. The van der Waals surface area contributed by atoms with E-state index < -0.39 is 0 Å². The highest BCUT2D eigenvalue weighted by molar-refractivity contribution is 7.10. The van der Waals surface area contributed by atoms with Crippen molar-refractivity contribution in [1.82, 2.24) is 4.90 Å². The first-order chi connectivity index (χ1) is 8.68. The summed E-state index contributed by atoms with van der Waals surface area (Å²) in [5.41, 5.74) is 7.89. The van der Waals surface area contributed by atoms with E-state index in [0.717, 1.165) is 13.0 Å². The van der Waals surface area contributed by atoms with Crippen LogP contribution in [0.4, 0.5) is 0 Å². The van der Waals surface area contributed by atoms with Crippen molar-refractivity contribution in [3.8, 4) is 0 Å². The third-order valence-electron chi connectivity index (χ3n) is 4.64. The van der Waals surface area contributed by atoms with E-state index in [1.54, 1.807) is 4.88 Å². The minimum absolute atomic E-state index is 0.202. The standard InChI is InChI=1S/C15H26N2S/c1-4-8-15(5-2,11-16)17-9-6-14-13(12(17)3)7-10-18-14/h7,10,12H,4-6,8-9,11,16H2,1-3H3. The maximum absolute atomic E-state index is 6.15. The van der Waals surface area contributed by atoms with Crippen molar-refractivity contribution in [2.24, 2.45) is 5.73 Å². The first-order valence-electron chi connectivity index (χ1n) is 7.21. The fraction of sp³-hybridized carbons (Fsp3) is 0.733. The van der Waals surface area contributed by atoms with E-state index in [9.17, 15) is 0 Å². The Kier molecular flexibility index (Phi) is 4.46. The van der Waals surface area contributed by atoms with Crippen LogP contribution in [0.3, 0.4) is 0 Å². The summed E-state index contributed by atoms with van der Waals surface area (Å²) in [6, 6.07) is 2.83. The van der Waals surface area contributed by atoms with Crippen molar-refractivity contribution < 1.29 is 0 Å². The molecule has 2 nitrogen and oxygen atoms in total. The van der Waals surface area contributed by atoms with Gasteiger partial charge >= 0.3 is 0 Å². The van der Waals surface area contributed by atoms with Crippen molar-refractivity contribution in [2.45, 2.75) is 58.0 Å². The molecule has 1 aliphatic rings. The highest BCUT2D eigenvalue weighted by Crippen LogP contribution is 2.39. The summed E-state index contributed by atoms with van der Waals surface area (Å²) >= 11 is 1.91. The second-order valence-electron chi connectivity index (χ2n) is 5.45. The normalized spacial score (nSPS) is 23.7. The van der Waals surface area contributed by atoms with E-state index in [4.69, 9.17) is 5.73 Å². The lowest BCUT2D eigenvalue weighted by atomic mass is 9.84. The van der Waals surface area contributed by atoms with Gasteiger partial charge in [0.15, 0.2) is 0 Å². The molecule has 0 radical (unpaired) electrons. The Morgan fingerprint density at radius 3 is 2.89 bits per heavy atom. The minimum Gasteiger partial charge on any atom is -0.329 e. The van der Waals surface area contributed by atoms with Gasteiger partial charge in [-0.3, -0.25) is 4.90 Å². The van der Waals surface area contributed by atoms with Crippen molar-refractivity contribution >= 4 is 11.3 Å². The van der Waals surface area contributed by atoms with Crippen molar-refractivity contribution in [2.75, 3.05) is 13.1 Å². The van der Waals surface area contributed by atoms with Gasteiger partial charge in [0, 0.05) is 29.5 Å². The van der Waals surface area contributed by atoms with Gasteiger partial charge in [0.1, 0.15) is 0 Å². The Balaban J connectivity index is 2.28. The SMILES string of the molecule is CCCC(CC)(CN)N1CCc2sccc2C1C. The van der Waals surface area contributed by atoms with E-state index in [-0.39, 0.29) is 5.54 Å². The lowest BCUT2D eigenvalue weighted by molar-refractivity contribution is 0.0364. The smallest absolute Gasteiger partial charge is 0.0337 e. The summed E-state index contributed by atoms with van der Waals surface area (Å²) in [5, 5.41) is 2.24. The number of nitrogens with zero attached hydrogens (tertiary/aromatic N) is 1. The second-order valence-corrected chi connectivity index (χ2v) is 6.45. The highest BCUT2D eigenvalue weighted by atomic mass is 32.1. The van der Waals surface area contributed by atoms with Gasteiger partial charge in [-0.15, -0.1) is 11.3 Å². The second kappa shape index (κ2) is 5.72. The van der Waals surface area contributed by atoms with Gasteiger partial charge in [0.2, 0.25) is 0 Å². The molecule has 2 atom stereocenters. The first kappa shape index (κ1) is 14.0. The fourth-order valence-corrected chi connectivity index (χ4v) is 4.47. The molecule has 2 heterocycles. The van der Waals surface area contributed by atoms with Crippen LogP contribution in [0.2, 0.25) is 0 Å². The van der Waals surface area contributed by atoms with Crippen LogP contribution in [-0.2, 0) is 6.42 Å². The number of hydrogen-bond acceptors (Lipinski definition) is 3. The van der Waals surface area contributed by atoms with Crippen molar-refractivity contribution in [3.05, 3.63) is 21.9 Å². The molecule has 2 N–H and O–H groups in total. The molecule has 1 aromatic rings. The van der Waals surface area contributed by atoms with Gasteiger partial charge < -0.3 is 5.73 Å². The molecule has 0 bridgehead atoms. The molecule has 0 saturated carbocycles. The van der Waals surface area contributed by atoms with Gasteiger partial charge in [-0.25, -0.2) is 0 Å². The molecule has 0 fully saturated rings. The molecule has 1 aromatic heterocycles. The summed E-state index contributed by atoms with van der Waals surface area (Å²) in [4.78, 5) is 4.25. The van der Waals surface area contributed by atoms with Crippen LogP contribution in [0.1, 0.15) is 56.5 Å². The van der Waals surface area contributed by atoms with Crippen LogP contribution in [-0.4, -0.2) is 23.5 Å². The molecular formula is C15H26N2S. The van der Waals surface area contributed by atoms with Gasteiger partial charge in [-0.05, 0) is 43.2 Å². The summed E-state index contributed by atoms with van der Waals surface area (Å²) in [6.07, 6.45) is 4.78. The van der Waals surface area contributed by atoms with Crippen LogP contribution in [0.15, 0.2) is 11.4 Å². The molecule has 18 heavy (non-hydrogen) atoms. The Labute approximate surface area is 115 Å². The average molecular weight is 266 g/mol. The maximum Gasteiger partial charge on any atom is 0.0337 e. The number of fused-ring (bicyclic) bond motifs is 1. The molecule has 0 saturated heterocycles. The lowest BCUT2D eigenvalue weighted by Crippen LogP contribution is -2.56. The zero-order valence-corrected chi connectivity index (χ0v) is 12.7. The predicted molar refractivity (Wildman–Crippen MR) is 80.1 cm³/mol. The Morgan fingerprint density at radius 2 is 2.28 bits per heavy atom. The zero-order valence-electron chi connectivity index (χ0n) is 11.9. The topological polar surface area (TPSA) is 29.3 Å². The summed E-state index contributed by atoms with van der Waals surface area (Å²) < 4.78 is 0. The molecule has 102 valence electrons. The van der Waals surface area contributed by atoms with Gasteiger partial charge in [0.05, 0.1) is 0 Å². The lowest BCUT2D eigenvalue weighted by Gasteiger charge is -2.48. The molecule has 1 aliphatic heterocycles. The quantitative estimate of drug-likeness (QED) is 0.882. The summed E-state index contributed by atoms with van der Waals surface area (Å²) in [5.74, 6) is 0. The van der Waals surface area contributed by atoms with Gasteiger partial charge in [0.25, 0.3) is 0 Å². The minimum atomic E-state index is 0.202. The van der Waals surface area contributed by atoms with E-state index in [2.05, 4.69) is 37.1 Å². The molecular weight excluding hydrogens is 240 g/mol. The van der Waals surface area contributed by atoms with Crippen LogP contribution in [0.5, 0.6) is 0 Å². The Morgan fingerprint density at radius 1 is 1.50 bits per heavy atom. The monoisotopic (exact) mass is 266 g/mol. The van der Waals surface area contributed by atoms with E-state index in [1.165, 1.54) is 31.4 Å². The number of rotatable bonds is 5. The van der Waals surface area contributed by atoms with Crippen LogP contribution in [0.25, 0.3) is 0 Å². The number of hydrogen-bond donors (Lipinski definition) is 1. The third kappa shape index (κ3) is 2.24. The van der Waals surface area contributed by atoms with Gasteiger partial charge in [-0.1, -0.05) is 20.3 Å². The average Bonchev–Trinajstić information content (AvgIpc) is 2.86. The van der Waals surface area contributed by atoms with Crippen molar-refractivity contribution in [3.63, 3.8) is 0 Å². The van der Waals surface area contributed by atoms with Crippen molar-refractivity contribution in [1.29, 1.82) is 0 Å². The van der Waals surface area contributed by atoms with Crippen LogP contribution < -0.4 is 5.73 Å². The van der Waals surface area contributed by atoms with E-state index >= 15 is 0 Å². The summed E-state index contributed by atoms with van der Waals surface area (Å²) in [7, 11) is 0. The van der Waals surface area contributed by atoms with Gasteiger partial charge in [-0.2, -0.15) is 0 Å². The predicted octanol–water partition coefficient (Wildman–Crippen LogP) is 3.57. The molecule has 0 aromatic carbocycles. The Hall–Kier alpha value is -0.380. The molecule has 2 rings (SSSR count). The molecule has 3 heteroatoms.